The number of aromatic nitrogens is 3. The number of hydrogen-bond acceptors (Lipinski definition) is 5. The van der Waals surface area contributed by atoms with E-state index in [9.17, 15) is 9.90 Å². The molecule has 2 aromatic carbocycles. The minimum absolute atomic E-state index is 0.0966. The third-order valence-electron chi connectivity index (χ3n) is 5.27. The third-order valence-corrected chi connectivity index (χ3v) is 6.20. The number of nitrogens with zero attached hydrogens (tertiary/aromatic N) is 4. The lowest BCUT2D eigenvalue weighted by Gasteiger charge is -2.26. The van der Waals surface area contributed by atoms with Gasteiger partial charge >= 0.3 is 0 Å². The topological polar surface area (TPSA) is 71.2 Å². The number of hydrogen-bond donors (Lipinski definition) is 1. The Bertz CT molecular complexity index is 1060. The molecule has 1 aromatic heterocycles. The molecule has 0 bridgehead atoms. The van der Waals surface area contributed by atoms with Crippen molar-refractivity contribution in [3.05, 3.63) is 72.1 Å². The maximum Gasteiger partial charge on any atom is 0.233 e. The van der Waals surface area contributed by atoms with Gasteiger partial charge < -0.3 is 10.0 Å². The van der Waals surface area contributed by atoms with Crippen LogP contribution in [0.4, 0.5) is 0 Å². The lowest BCUT2D eigenvalue weighted by atomic mass is 9.99. The fourth-order valence-corrected chi connectivity index (χ4v) is 4.41. The van der Waals surface area contributed by atoms with Crippen molar-refractivity contribution in [3.63, 3.8) is 0 Å². The minimum Gasteiger partial charge on any atom is -0.508 e. The molecule has 0 unspecified atom stereocenters. The Morgan fingerprint density at radius 2 is 1.97 bits per heavy atom. The molecular weight excluding hydrogens is 396 g/mol. The summed E-state index contributed by atoms with van der Waals surface area (Å²) in [5.41, 5.74) is 4.58. The Kier molecular flexibility index (Phi) is 6.18. The molecular formula is C23H24N4O2S. The zero-order chi connectivity index (χ0) is 20.9. The number of carbonyl (C=O) groups is 1. The van der Waals surface area contributed by atoms with Gasteiger partial charge in [0.2, 0.25) is 5.91 Å². The SMILES string of the molecule is CCc1ccccc1-n1cnnc1SCC(=O)N1CC=C(c2ccc(O)cc2)CC1. The molecule has 3 aromatic rings. The van der Waals surface area contributed by atoms with Crippen LogP contribution in [0.15, 0.2) is 66.1 Å². The predicted octanol–water partition coefficient (Wildman–Crippen LogP) is 3.94. The Labute approximate surface area is 180 Å². The molecule has 0 aliphatic carbocycles. The molecule has 0 saturated heterocycles. The Hall–Kier alpha value is -3.06. The van der Waals surface area contributed by atoms with Crippen molar-refractivity contribution in [3.8, 4) is 11.4 Å². The number of aryl methyl sites for hydroxylation is 1. The van der Waals surface area contributed by atoms with E-state index in [0.29, 0.717) is 18.8 Å². The summed E-state index contributed by atoms with van der Waals surface area (Å²) in [5, 5.41) is 18.4. The molecule has 30 heavy (non-hydrogen) atoms. The van der Waals surface area contributed by atoms with Gasteiger partial charge in [0.25, 0.3) is 0 Å². The van der Waals surface area contributed by atoms with Crippen LogP contribution in [0.25, 0.3) is 11.3 Å². The van der Waals surface area contributed by atoms with Crippen LogP contribution in [0.3, 0.4) is 0 Å². The van der Waals surface area contributed by atoms with Crippen molar-refractivity contribution < 1.29 is 9.90 Å². The van der Waals surface area contributed by atoms with Crippen LogP contribution in [0, 0.1) is 0 Å². The van der Waals surface area contributed by atoms with Crippen LogP contribution in [0.2, 0.25) is 0 Å². The predicted molar refractivity (Wildman–Crippen MR) is 119 cm³/mol. The first kappa shape index (κ1) is 20.2. The second-order valence-electron chi connectivity index (χ2n) is 7.12. The average molecular weight is 421 g/mol. The Balaban J connectivity index is 1.38. The molecule has 1 amide bonds. The Morgan fingerprint density at radius 3 is 2.70 bits per heavy atom. The van der Waals surface area contributed by atoms with Gasteiger partial charge in [0, 0.05) is 13.1 Å². The van der Waals surface area contributed by atoms with E-state index >= 15 is 0 Å². The van der Waals surface area contributed by atoms with Gasteiger partial charge in [0.15, 0.2) is 5.16 Å². The molecule has 6 nitrogen and oxygen atoms in total. The molecule has 0 saturated carbocycles. The second kappa shape index (κ2) is 9.17. The average Bonchev–Trinajstić information content (AvgIpc) is 3.26. The van der Waals surface area contributed by atoms with E-state index in [0.717, 1.165) is 29.2 Å². The maximum atomic E-state index is 12.7. The summed E-state index contributed by atoms with van der Waals surface area (Å²) in [5.74, 6) is 0.688. The summed E-state index contributed by atoms with van der Waals surface area (Å²) in [7, 11) is 0. The summed E-state index contributed by atoms with van der Waals surface area (Å²) in [6.07, 6.45) is 5.52. The molecule has 0 fully saturated rings. The van der Waals surface area contributed by atoms with Gasteiger partial charge in [-0.05, 0) is 47.7 Å². The zero-order valence-corrected chi connectivity index (χ0v) is 17.7. The van der Waals surface area contributed by atoms with E-state index in [-0.39, 0.29) is 11.7 Å². The van der Waals surface area contributed by atoms with Crippen molar-refractivity contribution in [2.45, 2.75) is 24.9 Å². The maximum absolute atomic E-state index is 12.7. The van der Waals surface area contributed by atoms with E-state index in [1.165, 1.54) is 22.9 Å². The van der Waals surface area contributed by atoms with Crippen molar-refractivity contribution in [2.75, 3.05) is 18.8 Å². The van der Waals surface area contributed by atoms with E-state index in [4.69, 9.17) is 0 Å². The highest BCUT2D eigenvalue weighted by atomic mass is 32.2. The van der Waals surface area contributed by atoms with Gasteiger partial charge in [-0.1, -0.05) is 55.1 Å². The number of thioether (sulfide) groups is 1. The van der Waals surface area contributed by atoms with Gasteiger partial charge in [0.05, 0.1) is 11.4 Å². The fraction of sp³-hybridized carbons (Fsp3) is 0.261. The molecule has 0 spiro atoms. The highest BCUT2D eigenvalue weighted by molar-refractivity contribution is 7.99. The fourth-order valence-electron chi connectivity index (χ4n) is 3.58. The number of carbonyl (C=O) groups excluding carboxylic acids is 1. The van der Waals surface area contributed by atoms with E-state index in [1.54, 1.807) is 18.5 Å². The minimum atomic E-state index is 0.0966. The first-order valence-corrected chi connectivity index (χ1v) is 11.0. The molecule has 4 rings (SSSR count). The quantitative estimate of drug-likeness (QED) is 0.612. The van der Waals surface area contributed by atoms with E-state index < -0.39 is 0 Å². The third kappa shape index (κ3) is 4.41. The molecule has 2 heterocycles. The van der Waals surface area contributed by atoms with Crippen molar-refractivity contribution in [1.82, 2.24) is 19.7 Å². The highest BCUT2D eigenvalue weighted by Gasteiger charge is 2.19. The summed E-state index contributed by atoms with van der Waals surface area (Å²) >= 11 is 1.42. The zero-order valence-electron chi connectivity index (χ0n) is 16.9. The highest BCUT2D eigenvalue weighted by Crippen LogP contribution is 2.26. The molecule has 0 atom stereocenters. The van der Waals surface area contributed by atoms with Crippen LogP contribution in [0.5, 0.6) is 5.75 Å². The van der Waals surface area contributed by atoms with Gasteiger partial charge in [0.1, 0.15) is 12.1 Å². The molecule has 1 aliphatic rings. The van der Waals surface area contributed by atoms with Crippen LogP contribution in [-0.4, -0.2) is 49.5 Å². The number of phenolic OH excluding ortho intramolecular Hbond substituents is 1. The summed E-state index contributed by atoms with van der Waals surface area (Å²) in [4.78, 5) is 14.6. The number of amides is 1. The number of phenols is 1. The summed E-state index contributed by atoms with van der Waals surface area (Å²) < 4.78 is 1.95. The molecule has 0 radical (unpaired) electrons. The standard InChI is InChI=1S/C23H24N4O2S/c1-2-17-5-3-4-6-21(17)27-16-24-25-23(27)30-15-22(29)26-13-11-19(12-14-26)18-7-9-20(28)10-8-18/h3-11,16,28H,2,12-15H2,1H3. The van der Waals surface area contributed by atoms with Crippen LogP contribution >= 0.6 is 11.8 Å². The van der Waals surface area contributed by atoms with Gasteiger partial charge in [-0.2, -0.15) is 0 Å². The van der Waals surface area contributed by atoms with Crippen molar-refractivity contribution >= 4 is 23.2 Å². The van der Waals surface area contributed by atoms with Gasteiger partial charge in [-0.3, -0.25) is 9.36 Å². The summed E-state index contributed by atoms with van der Waals surface area (Å²) in [6.45, 7) is 3.41. The number of rotatable bonds is 6. The van der Waals surface area contributed by atoms with Crippen molar-refractivity contribution in [1.29, 1.82) is 0 Å². The molecule has 1 aliphatic heterocycles. The van der Waals surface area contributed by atoms with Crippen molar-refractivity contribution in [2.24, 2.45) is 0 Å². The number of benzene rings is 2. The number of aromatic hydroxyl groups is 1. The van der Waals surface area contributed by atoms with Gasteiger partial charge in [-0.25, -0.2) is 0 Å². The van der Waals surface area contributed by atoms with Crippen LogP contribution in [-0.2, 0) is 11.2 Å². The Morgan fingerprint density at radius 1 is 1.17 bits per heavy atom. The smallest absolute Gasteiger partial charge is 0.233 e. The number of para-hydroxylation sites is 1. The lowest BCUT2D eigenvalue weighted by molar-refractivity contribution is -0.127. The van der Waals surface area contributed by atoms with Crippen LogP contribution < -0.4 is 0 Å². The van der Waals surface area contributed by atoms with Crippen LogP contribution in [0.1, 0.15) is 24.5 Å². The summed E-state index contributed by atoms with van der Waals surface area (Å²) in [6, 6.07) is 15.4. The van der Waals surface area contributed by atoms with E-state index in [2.05, 4.69) is 29.3 Å². The molecule has 154 valence electrons. The molecule has 7 heteroatoms. The normalized spacial score (nSPS) is 13.9. The largest absolute Gasteiger partial charge is 0.508 e. The van der Waals surface area contributed by atoms with Gasteiger partial charge in [-0.15, -0.1) is 10.2 Å². The monoisotopic (exact) mass is 420 g/mol. The van der Waals surface area contributed by atoms with E-state index in [1.807, 2.05) is 39.8 Å². The first-order chi connectivity index (χ1) is 14.7. The lowest BCUT2D eigenvalue weighted by Crippen LogP contribution is -2.35. The second-order valence-corrected chi connectivity index (χ2v) is 8.06. The molecule has 1 N–H and O–H groups in total. The first-order valence-electron chi connectivity index (χ1n) is 10.0.